The lowest BCUT2D eigenvalue weighted by molar-refractivity contribution is -0.0613. The Morgan fingerprint density at radius 1 is 1.33 bits per heavy atom. The van der Waals surface area contributed by atoms with Gasteiger partial charge in [0.15, 0.2) is 0 Å². The van der Waals surface area contributed by atoms with E-state index in [4.69, 9.17) is 23.2 Å². The molecule has 0 aromatic heterocycles. The van der Waals surface area contributed by atoms with E-state index in [9.17, 15) is 13.5 Å². The molecule has 7 heteroatoms. The minimum atomic E-state index is -3.74. The Kier molecular flexibility index (Phi) is 3.64. The van der Waals surface area contributed by atoms with Crippen LogP contribution < -0.4 is 0 Å². The Balaban J connectivity index is 2.34. The van der Waals surface area contributed by atoms with Crippen molar-refractivity contribution in [1.82, 2.24) is 4.31 Å². The molecule has 0 unspecified atom stereocenters. The summed E-state index contributed by atoms with van der Waals surface area (Å²) >= 11 is 11.8. The first-order chi connectivity index (χ1) is 8.30. The Morgan fingerprint density at radius 2 is 1.83 bits per heavy atom. The molecular formula is C11H13Cl2NO3S. The number of benzene rings is 1. The van der Waals surface area contributed by atoms with Crippen LogP contribution in [0.2, 0.25) is 10.0 Å². The average Bonchev–Trinajstić information content (AvgIpc) is 2.24. The van der Waals surface area contributed by atoms with Crippen molar-refractivity contribution in [2.24, 2.45) is 0 Å². The van der Waals surface area contributed by atoms with Crippen LogP contribution in [0.1, 0.15) is 13.3 Å². The van der Waals surface area contributed by atoms with Gasteiger partial charge in [0.25, 0.3) is 0 Å². The van der Waals surface area contributed by atoms with E-state index in [1.165, 1.54) is 16.4 Å². The van der Waals surface area contributed by atoms with Crippen LogP contribution in [-0.4, -0.2) is 36.5 Å². The summed E-state index contributed by atoms with van der Waals surface area (Å²) in [4.78, 5) is -0.0912. The fourth-order valence-corrected chi connectivity index (χ4v) is 4.55. The van der Waals surface area contributed by atoms with E-state index in [0.29, 0.717) is 6.42 Å². The topological polar surface area (TPSA) is 57.6 Å². The molecule has 1 saturated heterocycles. The molecule has 1 heterocycles. The van der Waals surface area contributed by atoms with Gasteiger partial charge in [-0.25, -0.2) is 8.42 Å². The summed E-state index contributed by atoms with van der Waals surface area (Å²) in [5, 5.41) is 10.1. The van der Waals surface area contributed by atoms with Gasteiger partial charge in [-0.15, -0.1) is 0 Å². The highest BCUT2D eigenvalue weighted by molar-refractivity contribution is 7.89. The van der Waals surface area contributed by atoms with Crippen LogP contribution >= 0.6 is 23.2 Å². The van der Waals surface area contributed by atoms with E-state index in [1.54, 1.807) is 6.07 Å². The Hall–Kier alpha value is -0.330. The summed E-state index contributed by atoms with van der Waals surface area (Å²) in [5.74, 6) is 0. The zero-order valence-corrected chi connectivity index (χ0v) is 12.1. The van der Waals surface area contributed by atoms with Gasteiger partial charge in [0, 0.05) is 13.1 Å². The van der Waals surface area contributed by atoms with Crippen LogP contribution in [0.25, 0.3) is 0 Å². The zero-order valence-electron chi connectivity index (χ0n) is 9.73. The van der Waals surface area contributed by atoms with Crippen LogP contribution in [-0.2, 0) is 10.0 Å². The van der Waals surface area contributed by atoms with Crippen LogP contribution in [0.5, 0.6) is 0 Å². The van der Waals surface area contributed by atoms with Crippen molar-refractivity contribution in [2.75, 3.05) is 13.1 Å². The molecule has 0 atom stereocenters. The quantitative estimate of drug-likeness (QED) is 0.930. The van der Waals surface area contributed by atoms with Crippen LogP contribution in [0.4, 0.5) is 0 Å². The number of aliphatic hydroxyl groups is 1. The highest BCUT2D eigenvalue weighted by atomic mass is 35.5. The summed E-state index contributed by atoms with van der Waals surface area (Å²) in [6, 6.07) is 4.54. The largest absolute Gasteiger partial charge is 0.387 e. The normalized spacial score (nSPS) is 19.6. The van der Waals surface area contributed by atoms with Gasteiger partial charge < -0.3 is 5.11 Å². The molecule has 1 N–H and O–H groups in total. The summed E-state index contributed by atoms with van der Waals surface area (Å²) in [7, 11) is -3.74. The molecular weight excluding hydrogens is 297 g/mol. The third-order valence-corrected chi connectivity index (χ3v) is 5.86. The first-order valence-electron chi connectivity index (χ1n) is 5.47. The second kappa shape index (κ2) is 4.65. The van der Waals surface area contributed by atoms with E-state index < -0.39 is 15.6 Å². The summed E-state index contributed by atoms with van der Waals surface area (Å²) < 4.78 is 25.8. The molecule has 1 aliphatic heterocycles. The van der Waals surface area contributed by atoms with Gasteiger partial charge in [-0.2, -0.15) is 4.31 Å². The van der Waals surface area contributed by atoms with Crippen molar-refractivity contribution >= 4 is 33.2 Å². The lowest BCUT2D eigenvalue weighted by Gasteiger charge is -2.44. The molecule has 0 saturated carbocycles. The standard InChI is InChI=1S/C11H13Cl2NO3S/c1-2-11(15)6-14(7-11)18(16,17)10-8(12)4-3-5-9(10)13/h3-5,15H,2,6-7H2,1H3. The van der Waals surface area contributed by atoms with Gasteiger partial charge in [0.1, 0.15) is 4.90 Å². The fraction of sp³-hybridized carbons (Fsp3) is 0.455. The molecule has 1 aromatic carbocycles. The fourth-order valence-electron chi connectivity index (χ4n) is 1.86. The Labute approximate surface area is 116 Å². The van der Waals surface area contributed by atoms with Crippen molar-refractivity contribution < 1.29 is 13.5 Å². The second-order valence-electron chi connectivity index (χ2n) is 4.40. The molecule has 0 amide bonds. The molecule has 0 radical (unpaired) electrons. The van der Waals surface area contributed by atoms with Crippen molar-refractivity contribution in [3.63, 3.8) is 0 Å². The predicted octanol–water partition coefficient (Wildman–Crippen LogP) is 2.14. The first-order valence-corrected chi connectivity index (χ1v) is 7.66. The molecule has 0 spiro atoms. The molecule has 18 heavy (non-hydrogen) atoms. The van der Waals surface area contributed by atoms with E-state index in [-0.39, 0.29) is 28.0 Å². The first kappa shape index (κ1) is 14.1. The number of sulfonamides is 1. The summed E-state index contributed by atoms with van der Waals surface area (Å²) in [5.41, 5.74) is -0.930. The van der Waals surface area contributed by atoms with Gasteiger partial charge in [-0.1, -0.05) is 36.2 Å². The van der Waals surface area contributed by atoms with E-state index in [2.05, 4.69) is 0 Å². The third kappa shape index (κ3) is 2.26. The molecule has 2 rings (SSSR count). The number of hydrogen-bond donors (Lipinski definition) is 1. The second-order valence-corrected chi connectivity index (χ2v) is 7.09. The highest BCUT2D eigenvalue weighted by Gasteiger charge is 2.46. The minimum absolute atomic E-state index is 0.0768. The molecule has 100 valence electrons. The minimum Gasteiger partial charge on any atom is -0.387 e. The SMILES string of the molecule is CCC1(O)CN(S(=O)(=O)c2c(Cl)cccc2Cl)C1. The van der Waals surface area contributed by atoms with E-state index in [1.807, 2.05) is 6.92 Å². The number of halogens is 2. The molecule has 1 fully saturated rings. The maximum Gasteiger partial charge on any atom is 0.246 e. The van der Waals surface area contributed by atoms with Gasteiger partial charge in [-0.3, -0.25) is 0 Å². The predicted molar refractivity (Wildman–Crippen MR) is 70.5 cm³/mol. The number of nitrogens with zero attached hydrogens (tertiary/aromatic N) is 1. The van der Waals surface area contributed by atoms with Gasteiger partial charge in [0.05, 0.1) is 15.6 Å². The third-order valence-electron chi connectivity index (χ3n) is 3.12. The van der Waals surface area contributed by atoms with Crippen LogP contribution in [0.15, 0.2) is 23.1 Å². The molecule has 1 aromatic rings. The van der Waals surface area contributed by atoms with Crippen molar-refractivity contribution in [3.8, 4) is 0 Å². The maximum atomic E-state index is 12.3. The van der Waals surface area contributed by atoms with Crippen molar-refractivity contribution in [3.05, 3.63) is 28.2 Å². The van der Waals surface area contributed by atoms with Crippen molar-refractivity contribution in [2.45, 2.75) is 23.8 Å². The van der Waals surface area contributed by atoms with Gasteiger partial charge >= 0.3 is 0 Å². The molecule has 1 aliphatic rings. The number of rotatable bonds is 3. The molecule has 0 bridgehead atoms. The van der Waals surface area contributed by atoms with E-state index >= 15 is 0 Å². The maximum absolute atomic E-state index is 12.3. The van der Waals surface area contributed by atoms with Crippen molar-refractivity contribution in [1.29, 1.82) is 0 Å². The summed E-state index contributed by atoms with van der Waals surface area (Å²) in [6.45, 7) is 1.97. The summed E-state index contributed by atoms with van der Waals surface area (Å²) in [6.07, 6.45) is 0.509. The number of β-amino-alcohol motifs (C(OH)–C–C–N with tert-alkyl or cyclic N) is 1. The van der Waals surface area contributed by atoms with Crippen LogP contribution in [0, 0.1) is 0 Å². The monoisotopic (exact) mass is 309 g/mol. The smallest absolute Gasteiger partial charge is 0.246 e. The lowest BCUT2D eigenvalue weighted by Crippen LogP contribution is -2.62. The van der Waals surface area contributed by atoms with E-state index in [0.717, 1.165) is 0 Å². The van der Waals surface area contributed by atoms with Gasteiger partial charge in [0.2, 0.25) is 10.0 Å². The van der Waals surface area contributed by atoms with Crippen LogP contribution in [0.3, 0.4) is 0 Å². The highest BCUT2D eigenvalue weighted by Crippen LogP contribution is 2.36. The Morgan fingerprint density at radius 3 is 2.28 bits per heavy atom. The molecule has 0 aliphatic carbocycles. The zero-order chi connectivity index (χ0) is 13.6. The number of hydrogen-bond acceptors (Lipinski definition) is 3. The molecule has 4 nitrogen and oxygen atoms in total. The van der Waals surface area contributed by atoms with Gasteiger partial charge in [-0.05, 0) is 18.6 Å². The average molecular weight is 310 g/mol. The lowest BCUT2D eigenvalue weighted by atomic mass is 9.94. The Bertz CT molecular complexity index is 547.